The van der Waals surface area contributed by atoms with Crippen LogP contribution in [0.2, 0.25) is 0 Å². The van der Waals surface area contributed by atoms with Crippen molar-refractivity contribution in [3.05, 3.63) is 74.5 Å². The zero-order valence-corrected chi connectivity index (χ0v) is 16.0. The minimum Gasteiger partial charge on any atom is -0.319 e. The van der Waals surface area contributed by atoms with Gasteiger partial charge in [-0.2, -0.15) is 0 Å². The summed E-state index contributed by atoms with van der Waals surface area (Å²) < 4.78 is 0.952. The molecule has 132 valence electrons. The molecule has 5 nitrogen and oxygen atoms in total. The van der Waals surface area contributed by atoms with Crippen molar-refractivity contribution in [2.45, 2.75) is 6.92 Å². The normalized spacial score (nSPS) is 13.6. The molecule has 0 atom stereocenters. The fraction of sp³-hybridized carbons (Fsp3) is 0.0952. The lowest BCUT2D eigenvalue weighted by molar-refractivity contribution is 0.101. The number of hydrogen-bond acceptors (Lipinski definition) is 4. The maximum absolute atomic E-state index is 12.9. The summed E-state index contributed by atoms with van der Waals surface area (Å²) in [5, 5.41) is 1.41. The minimum atomic E-state index is -0.226. The molecular weight excluding hydrogens is 406 g/mol. The molecule has 0 radical (unpaired) electrons. The molecular formula is C21H14BrN3O2. The number of rotatable bonds is 1. The molecule has 0 aliphatic carbocycles. The van der Waals surface area contributed by atoms with Gasteiger partial charge in [-0.1, -0.05) is 34.1 Å². The molecule has 0 amide bonds. The largest absolute Gasteiger partial charge is 0.319 e. The Balaban J connectivity index is 1.85. The van der Waals surface area contributed by atoms with Crippen molar-refractivity contribution in [2.75, 3.05) is 11.4 Å². The lowest BCUT2D eigenvalue weighted by Crippen LogP contribution is -2.19. The lowest BCUT2D eigenvalue weighted by Gasteiger charge is -2.18. The SMILES string of the molecule is Cc1c2ccccc2nc2c3c([nH]c(=O)c12)N(c1ccc(Br)cc1)CC3=O. The third-order valence-electron chi connectivity index (χ3n) is 5.07. The van der Waals surface area contributed by atoms with Crippen molar-refractivity contribution in [2.24, 2.45) is 0 Å². The van der Waals surface area contributed by atoms with E-state index in [1.165, 1.54) is 0 Å². The highest BCUT2D eigenvalue weighted by atomic mass is 79.9. The molecule has 0 saturated heterocycles. The molecule has 4 aromatic rings. The molecule has 0 bridgehead atoms. The minimum absolute atomic E-state index is 0.0450. The topological polar surface area (TPSA) is 66.1 Å². The van der Waals surface area contributed by atoms with Gasteiger partial charge in [-0.3, -0.25) is 9.59 Å². The van der Waals surface area contributed by atoms with Crippen LogP contribution in [0.5, 0.6) is 0 Å². The summed E-state index contributed by atoms with van der Waals surface area (Å²) in [4.78, 5) is 35.2. The molecule has 2 aromatic carbocycles. The van der Waals surface area contributed by atoms with E-state index in [9.17, 15) is 9.59 Å². The van der Waals surface area contributed by atoms with E-state index in [2.05, 4.69) is 25.9 Å². The molecule has 2 aromatic heterocycles. The fourth-order valence-electron chi connectivity index (χ4n) is 3.79. The van der Waals surface area contributed by atoms with Crippen molar-refractivity contribution >= 4 is 55.0 Å². The molecule has 5 rings (SSSR count). The first-order valence-corrected chi connectivity index (χ1v) is 9.35. The summed E-state index contributed by atoms with van der Waals surface area (Å²) in [6, 6.07) is 15.3. The number of fused-ring (bicyclic) bond motifs is 4. The van der Waals surface area contributed by atoms with Crippen molar-refractivity contribution < 1.29 is 4.79 Å². The molecule has 6 heteroatoms. The number of halogens is 1. The number of Topliss-reactive ketones (excluding diaryl/α,β-unsaturated/α-hetero) is 1. The Hall–Kier alpha value is -2.99. The number of aromatic amines is 1. The number of H-pyrrole nitrogens is 1. The van der Waals surface area contributed by atoms with E-state index in [0.717, 1.165) is 26.6 Å². The summed E-state index contributed by atoms with van der Waals surface area (Å²) in [6.07, 6.45) is 0. The quantitative estimate of drug-likeness (QED) is 0.461. The summed E-state index contributed by atoms with van der Waals surface area (Å²) in [6.45, 7) is 2.08. The van der Waals surface area contributed by atoms with Crippen LogP contribution in [-0.4, -0.2) is 22.3 Å². The van der Waals surface area contributed by atoms with E-state index in [4.69, 9.17) is 0 Å². The number of carbonyl (C=O) groups excluding carboxylic acids is 1. The second kappa shape index (κ2) is 5.76. The van der Waals surface area contributed by atoms with Gasteiger partial charge in [0, 0.05) is 15.5 Å². The highest BCUT2D eigenvalue weighted by Crippen LogP contribution is 2.37. The smallest absolute Gasteiger partial charge is 0.259 e. The number of benzene rings is 2. The highest BCUT2D eigenvalue weighted by molar-refractivity contribution is 9.10. The van der Waals surface area contributed by atoms with E-state index in [1.807, 2.05) is 60.4 Å². The van der Waals surface area contributed by atoms with E-state index in [1.54, 1.807) is 0 Å². The Morgan fingerprint density at radius 1 is 1.07 bits per heavy atom. The molecule has 0 spiro atoms. The van der Waals surface area contributed by atoms with E-state index in [0.29, 0.717) is 22.3 Å². The molecule has 1 N–H and O–H groups in total. The third-order valence-corrected chi connectivity index (χ3v) is 5.60. The van der Waals surface area contributed by atoms with Crippen molar-refractivity contribution in [3.8, 4) is 0 Å². The number of nitrogens with one attached hydrogen (secondary N) is 1. The van der Waals surface area contributed by atoms with Gasteiger partial charge in [0.2, 0.25) is 0 Å². The van der Waals surface area contributed by atoms with Crippen molar-refractivity contribution in [1.82, 2.24) is 9.97 Å². The van der Waals surface area contributed by atoms with E-state index < -0.39 is 0 Å². The van der Waals surface area contributed by atoms with E-state index >= 15 is 0 Å². The molecule has 3 heterocycles. The number of para-hydroxylation sites is 1. The van der Waals surface area contributed by atoms with E-state index in [-0.39, 0.29) is 17.9 Å². The van der Waals surface area contributed by atoms with Crippen molar-refractivity contribution in [1.29, 1.82) is 0 Å². The Bertz CT molecular complexity index is 1310. The van der Waals surface area contributed by atoms with Gasteiger partial charge in [0.05, 0.1) is 28.5 Å². The Kier molecular flexibility index (Phi) is 3.45. The number of nitrogens with zero attached hydrogens (tertiary/aromatic N) is 2. The van der Waals surface area contributed by atoms with Crippen LogP contribution in [0.25, 0.3) is 21.8 Å². The second-order valence-electron chi connectivity index (χ2n) is 6.64. The first-order valence-electron chi connectivity index (χ1n) is 8.56. The van der Waals surface area contributed by atoms with Crippen molar-refractivity contribution in [3.63, 3.8) is 0 Å². The number of ketones is 1. The van der Waals surface area contributed by atoms with Crippen LogP contribution >= 0.6 is 15.9 Å². The van der Waals surface area contributed by atoms with Gasteiger partial charge < -0.3 is 9.88 Å². The Morgan fingerprint density at radius 2 is 1.81 bits per heavy atom. The van der Waals surface area contributed by atoms with Gasteiger partial charge in [0.15, 0.2) is 5.78 Å². The monoisotopic (exact) mass is 419 g/mol. The average Bonchev–Trinajstić information content (AvgIpc) is 2.99. The zero-order valence-electron chi connectivity index (χ0n) is 14.4. The Labute approximate surface area is 162 Å². The van der Waals surface area contributed by atoms with Gasteiger partial charge in [0.25, 0.3) is 5.56 Å². The van der Waals surface area contributed by atoms with Crippen LogP contribution in [0.3, 0.4) is 0 Å². The summed E-state index contributed by atoms with van der Waals surface area (Å²) >= 11 is 3.42. The zero-order chi connectivity index (χ0) is 18.7. The lowest BCUT2D eigenvalue weighted by atomic mass is 10.0. The molecule has 1 aliphatic heterocycles. The van der Waals surface area contributed by atoms with Crippen LogP contribution in [0.1, 0.15) is 15.9 Å². The molecule has 0 unspecified atom stereocenters. The first-order chi connectivity index (χ1) is 13.0. The summed E-state index contributed by atoms with van der Waals surface area (Å²) in [5.41, 5.74) is 3.21. The van der Waals surface area contributed by atoms with Gasteiger partial charge in [-0.15, -0.1) is 0 Å². The molecule has 0 saturated carbocycles. The second-order valence-corrected chi connectivity index (χ2v) is 7.56. The standard InChI is InChI=1S/C21H14BrN3O2/c1-11-14-4-2-3-5-15(14)23-19-17(11)21(27)24-20-18(19)16(26)10-25(20)13-8-6-12(22)7-9-13/h2-9H,10H2,1H3,(H,24,27). The third kappa shape index (κ3) is 2.33. The maximum Gasteiger partial charge on any atom is 0.259 e. The van der Waals surface area contributed by atoms with Gasteiger partial charge in [-0.25, -0.2) is 4.98 Å². The average molecular weight is 420 g/mol. The predicted octanol–water partition coefficient (Wildman–Crippen LogP) is 4.48. The summed E-state index contributed by atoms with van der Waals surface area (Å²) in [5.74, 6) is 0.471. The number of pyridine rings is 2. The van der Waals surface area contributed by atoms with Gasteiger partial charge >= 0.3 is 0 Å². The van der Waals surface area contributed by atoms with Crippen LogP contribution < -0.4 is 10.5 Å². The van der Waals surface area contributed by atoms with Crippen LogP contribution in [0.15, 0.2) is 57.8 Å². The highest BCUT2D eigenvalue weighted by Gasteiger charge is 2.32. The van der Waals surface area contributed by atoms with Gasteiger partial charge in [-0.05, 0) is 42.8 Å². The molecule has 27 heavy (non-hydrogen) atoms. The maximum atomic E-state index is 12.9. The fourth-order valence-corrected chi connectivity index (χ4v) is 4.05. The Morgan fingerprint density at radius 3 is 2.59 bits per heavy atom. The first kappa shape index (κ1) is 16.2. The number of hydrogen-bond donors (Lipinski definition) is 1. The molecule has 1 aliphatic rings. The number of anilines is 2. The van der Waals surface area contributed by atoms with Crippen LogP contribution in [0, 0.1) is 6.92 Å². The number of carbonyl (C=O) groups is 1. The van der Waals surface area contributed by atoms with Crippen LogP contribution in [-0.2, 0) is 0 Å². The van der Waals surface area contributed by atoms with Crippen LogP contribution in [0.4, 0.5) is 11.5 Å². The summed E-state index contributed by atoms with van der Waals surface area (Å²) in [7, 11) is 0. The van der Waals surface area contributed by atoms with Gasteiger partial charge in [0.1, 0.15) is 5.82 Å². The number of aryl methyl sites for hydroxylation is 1. The molecule has 0 fully saturated rings. The predicted molar refractivity (Wildman–Crippen MR) is 110 cm³/mol. The number of aromatic nitrogens is 2.